The monoisotopic (exact) mass is 390 g/mol. The van der Waals surface area contributed by atoms with Gasteiger partial charge in [-0.1, -0.05) is 6.92 Å². The fraction of sp³-hybridized carbons (Fsp3) is 0.625. The number of likely N-dealkylation sites (tertiary alicyclic amines) is 1. The molecule has 1 saturated heterocycles. The molecule has 1 aliphatic rings. The Bertz CT molecular complexity index is 555. The highest BCUT2D eigenvalue weighted by Crippen LogP contribution is 2.38. The highest BCUT2D eigenvalue weighted by molar-refractivity contribution is 5.85. The van der Waals surface area contributed by atoms with Crippen molar-refractivity contribution in [2.75, 3.05) is 13.1 Å². The van der Waals surface area contributed by atoms with Crippen molar-refractivity contribution in [1.82, 2.24) is 4.90 Å². The Morgan fingerprint density at radius 3 is 1.92 bits per heavy atom. The first-order chi connectivity index (χ1) is 10.9. The van der Waals surface area contributed by atoms with Crippen molar-refractivity contribution in [1.29, 1.82) is 0 Å². The number of nitrogens with zero attached hydrogens (tertiary/aromatic N) is 1. The molecule has 0 aliphatic carbocycles. The number of piperidine rings is 1. The number of hydrogen-bond donors (Lipinski definition) is 1. The molecule has 1 aromatic carbocycles. The number of nitrogens with two attached hydrogens (primary N) is 1. The molecule has 9 heteroatoms. The van der Waals surface area contributed by atoms with E-state index in [-0.39, 0.29) is 36.0 Å². The van der Waals surface area contributed by atoms with E-state index < -0.39 is 29.5 Å². The highest BCUT2D eigenvalue weighted by atomic mass is 35.5. The van der Waals surface area contributed by atoms with Gasteiger partial charge in [-0.25, -0.2) is 0 Å². The van der Waals surface area contributed by atoms with Crippen molar-refractivity contribution in [3.63, 3.8) is 0 Å². The van der Waals surface area contributed by atoms with E-state index in [2.05, 4.69) is 0 Å². The van der Waals surface area contributed by atoms with Crippen LogP contribution in [0, 0.1) is 5.92 Å². The minimum Gasteiger partial charge on any atom is -0.327 e. The molecular formula is C16H21ClF6N2. The van der Waals surface area contributed by atoms with Gasteiger partial charge in [0.05, 0.1) is 11.1 Å². The van der Waals surface area contributed by atoms with Crippen LogP contribution in [0.4, 0.5) is 26.3 Å². The van der Waals surface area contributed by atoms with E-state index in [4.69, 9.17) is 5.73 Å². The van der Waals surface area contributed by atoms with Crippen molar-refractivity contribution in [2.45, 2.75) is 44.7 Å². The predicted octanol–water partition coefficient (Wildman–Crippen LogP) is 4.88. The molecule has 0 amide bonds. The summed E-state index contributed by atoms with van der Waals surface area (Å²) in [6.07, 6.45) is -8.99. The van der Waals surface area contributed by atoms with Crippen LogP contribution in [0.5, 0.6) is 0 Å². The summed E-state index contributed by atoms with van der Waals surface area (Å²) in [4.78, 5) is 1.88. The second-order valence-electron chi connectivity index (χ2n) is 6.44. The maximum Gasteiger partial charge on any atom is 0.416 e. The normalized spacial score (nSPS) is 23.9. The standard InChI is InChI=1S/C16H20F6N2.ClH/c1-9-8-24(4-3-14(9)23)10(2)11-5-12(15(17,18)19)7-13(6-11)16(20,21)22;/h5-7,9-10,14H,3-4,8,23H2,1-2H3;1H. The number of halogens is 7. The fourth-order valence-corrected chi connectivity index (χ4v) is 2.98. The smallest absolute Gasteiger partial charge is 0.327 e. The SMILES string of the molecule is CC1CN(C(C)c2cc(C(F)(F)F)cc(C(F)(F)F)c2)CCC1N.Cl. The Morgan fingerprint density at radius 1 is 1.04 bits per heavy atom. The third-order valence-corrected chi connectivity index (χ3v) is 4.64. The average molecular weight is 391 g/mol. The van der Waals surface area contributed by atoms with E-state index in [0.29, 0.717) is 19.5 Å². The third kappa shape index (κ3) is 5.24. The van der Waals surface area contributed by atoms with E-state index in [9.17, 15) is 26.3 Å². The van der Waals surface area contributed by atoms with Gasteiger partial charge < -0.3 is 5.73 Å². The van der Waals surface area contributed by atoms with E-state index >= 15 is 0 Å². The lowest BCUT2D eigenvalue weighted by molar-refractivity contribution is -0.143. The molecule has 2 nitrogen and oxygen atoms in total. The summed E-state index contributed by atoms with van der Waals surface area (Å²) in [6.45, 7) is 4.64. The molecule has 144 valence electrons. The summed E-state index contributed by atoms with van der Waals surface area (Å²) in [7, 11) is 0. The second kappa shape index (κ2) is 7.72. The number of alkyl halides is 6. The zero-order chi connectivity index (χ0) is 18.3. The molecule has 3 unspecified atom stereocenters. The summed E-state index contributed by atoms with van der Waals surface area (Å²) < 4.78 is 77.7. The molecule has 0 saturated carbocycles. The zero-order valence-electron chi connectivity index (χ0n) is 13.8. The van der Waals surface area contributed by atoms with Gasteiger partial charge in [0.15, 0.2) is 0 Å². The van der Waals surface area contributed by atoms with Crippen molar-refractivity contribution in [3.05, 3.63) is 34.9 Å². The molecule has 0 radical (unpaired) electrons. The summed E-state index contributed by atoms with van der Waals surface area (Å²) in [5, 5.41) is 0. The third-order valence-electron chi connectivity index (χ3n) is 4.64. The Morgan fingerprint density at radius 2 is 1.52 bits per heavy atom. The number of rotatable bonds is 2. The van der Waals surface area contributed by atoms with Crippen molar-refractivity contribution in [3.8, 4) is 0 Å². The molecule has 1 aliphatic heterocycles. The van der Waals surface area contributed by atoms with Crippen LogP contribution in [0.15, 0.2) is 18.2 Å². The average Bonchev–Trinajstić information content (AvgIpc) is 2.47. The summed E-state index contributed by atoms with van der Waals surface area (Å²) in [5.41, 5.74) is 3.38. The molecule has 1 fully saturated rings. The molecule has 3 atom stereocenters. The summed E-state index contributed by atoms with van der Waals surface area (Å²) >= 11 is 0. The van der Waals surface area contributed by atoms with E-state index in [1.165, 1.54) is 0 Å². The van der Waals surface area contributed by atoms with Crippen molar-refractivity contribution in [2.24, 2.45) is 11.7 Å². The van der Waals surface area contributed by atoms with Crippen LogP contribution < -0.4 is 5.73 Å². The van der Waals surface area contributed by atoms with Gasteiger partial charge in [0, 0.05) is 25.2 Å². The first kappa shape index (κ1) is 22.1. The van der Waals surface area contributed by atoms with Gasteiger partial charge in [0.1, 0.15) is 0 Å². The van der Waals surface area contributed by atoms with Gasteiger partial charge in [-0.15, -0.1) is 12.4 Å². The topological polar surface area (TPSA) is 29.3 Å². The summed E-state index contributed by atoms with van der Waals surface area (Å²) in [6, 6.07) is 1.22. The lowest BCUT2D eigenvalue weighted by Gasteiger charge is -2.39. The lowest BCUT2D eigenvalue weighted by atomic mass is 9.92. The van der Waals surface area contributed by atoms with Crippen LogP contribution in [0.1, 0.15) is 43.0 Å². The highest BCUT2D eigenvalue weighted by Gasteiger charge is 2.38. The minimum absolute atomic E-state index is 0. The largest absolute Gasteiger partial charge is 0.416 e. The van der Waals surface area contributed by atoms with Crippen LogP contribution >= 0.6 is 12.4 Å². The quantitative estimate of drug-likeness (QED) is 0.729. The second-order valence-corrected chi connectivity index (χ2v) is 6.44. The maximum absolute atomic E-state index is 13.0. The Hall–Kier alpha value is -0.990. The van der Waals surface area contributed by atoms with Crippen LogP contribution in [-0.4, -0.2) is 24.0 Å². The van der Waals surface area contributed by atoms with Crippen molar-refractivity contribution < 1.29 is 26.3 Å². The van der Waals surface area contributed by atoms with Crippen LogP contribution in [-0.2, 0) is 12.4 Å². The first-order valence-corrected chi connectivity index (χ1v) is 7.68. The zero-order valence-corrected chi connectivity index (χ0v) is 14.6. The summed E-state index contributed by atoms with van der Waals surface area (Å²) in [5.74, 6) is 0.133. The van der Waals surface area contributed by atoms with Crippen LogP contribution in [0.2, 0.25) is 0 Å². The molecule has 0 spiro atoms. The maximum atomic E-state index is 13.0. The number of hydrogen-bond acceptors (Lipinski definition) is 2. The Kier molecular flexibility index (Phi) is 6.81. The molecule has 1 aromatic rings. The molecule has 2 rings (SSSR count). The van der Waals surface area contributed by atoms with Gasteiger partial charge in [-0.05, 0) is 43.0 Å². The van der Waals surface area contributed by atoms with E-state index in [1.807, 2.05) is 11.8 Å². The molecule has 2 N–H and O–H groups in total. The van der Waals surface area contributed by atoms with E-state index in [1.54, 1.807) is 6.92 Å². The number of benzene rings is 1. The van der Waals surface area contributed by atoms with Gasteiger partial charge in [-0.2, -0.15) is 26.3 Å². The van der Waals surface area contributed by atoms with Gasteiger partial charge in [0.2, 0.25) is 0 Å². The van der Waals surface area contributed by atoms with Crippen molar-refractivity contribution >= 4 is 12.4 Å². The Labute approximate surface area is 148 Å². The van der Waals surface area contributed by atoms with Gasteiger partial charge in [-0.3, -0.25) is 4.90 Å². The predicted molar refractivity (Wildman–Crippen MR) is 85.4 cm³/mol. The minimum atomic E-state index is -4.83. The molecular weight excluding hydrogens is 370 g/mol. The Balaban J connectivity index is 0.00000312. The van der Waals surface area contributed by atoms with Crippen LogP contribution in [0.3, 0.4) is 0 Å². The van der Waals surface area contributed by atoms with Gasteiger partial charge in [0.25, 0.3) is 0 Å². The molecule has 25 heavy (non-hydrogen) atoms. The molecule has 1 heterocycles. The van der Waals surface area contributed by atoms with E-state index in [0.717, 1.165) is 12.1 Å². The molecule has 0 aromatic heterocycles. The first-order valence-electron chi connectivity index (χ1n) is 7.68. The lowest BCUT2D eigenvalue weighted by Crippen LogP contribution is -2.46. The fourth-order valence-electron chi connectivity index (χ4n) is 2.98. The molecule has 0 bridgehead atoms. The van der Waals surface area contributed by atoms with Gasteiger partial charge >= 0.3 is 12.4 Å². The van der Waals surface area contributed by atoms with Crippen LogP contribution in [0.25, 0.3) is 0 Å².